The molecule has 0 atom stereocenters. The van der Waals surface area contributed by atoms with Gasteiger partial charge in [-0.2, -0.15) is 0 Å². The zero-order valence-electron chi connectivity index (χ0n) is 12.4. The summed E-state index contributed by atoms with van der Waals surface area (Å²) in [6.07, 6.45) is 0. The van der Waals surface area contributed by atoms with Gasteiger partial charge in [-0.1, -0.05) is 0 Å². The first-order valence-electron chi connectivity index (χ1n) is 7.22. The van der Waals surface area contributed by atoms with Crippen LogP contribution in [0.4, 0.5) is 0 Å². The Morgan fingerprint density at radius 2 is 1.61 bits per heavy atom. The van der Waals surface area contributed by atoms with Crippen LogP contribution in [0.1, 0.15) is 0 Å². The minimum absolute atomic E-state index is 0.101. The van der Waals surface area contributed by atoms with Gasteiger partial charge >= 0.3 is 170 Å². The molecule has 4 aromatic rings. The maximum atomic E-state index is 4.08. The summed E-state index contributed by atoms with van der Waals surface area (Å²) in [5.74, 6) is 0. The third-order valence-electron chi connectivity index (χ3n) is 4.03. The topological polar surface area (TPSA) is 8.17 Å². The number of para-hydroxylation sites is 1. The zero-order chi connectivity index (χ0) is 16.0. The van der Waals surface area contributed by atoms with Crippen molar-refractivity contribution < 1.29 is 21.5 Å². The molecule has 0 saturated carbocycles. The fourth-order valence-electron chi connectivity index (χ4n) is 3.02. The van der Waals surface area contributed by atoms with Crippen molar-refractivity contribution in [2.24, 2.45) is 0 Å². The molecule has 0 unspecified atom stereocenters. The monoisotopic (exact) mass is 451 g/mol. The Hall–Kier alpha value is -0.283. The number of hydrogen-bond donors (Lipinski definition) is 0. The molecule has 1 aromatic heterocycles. The van der Waals surface area contributed by atoms with Crippen LogP contribution in [0, 0.1) is 3.57 Å². The van der Waals surface area contributed by atoms with Gasteiger partial charge in [-0.25, -0.2) is 0 Å². The van der Waals surface area contributed by atoms with Crippen LogP contribution < -0.4 is 21.5 Å². The van der Waals surface area contributed by atoms with Gasteiger partial charge in [0.25, 0.3) is 0 Å². The van der Waals surface area contributed by atoms with Crippen molar-refractivity contribution in [2.75, 3.05) is 0 Å². The summed E-state index contributed by atoms with van der Waals surface area (Å²) in [6, 6.07) is 19.8. The summed E-state index contributed by atoms with van der Waals surface area (Å²) in [5.41, 5.74) is 2.56. The number of halogens is 1. The molecule has 0 saturated heterocycles. The molecule has 0 aliphatic heterocycles. The normalized spacial score (nSPS) is 11.3. The Bertz CT molecular complexity index is 1060. The van der Waals surface area contributed by atoms with E-state index in [1.54, 1.807) is 0 Å². The molecule has 1 heterocycles. The van der Waals surface area contributed by atoms with Crippen molar-refractivity contribution in [2.45, 2.75) is 0 Å². The van der Waals surface area contributed by atoms with E-state index in [9.17, 15) is 0 Å². The Balaban J connectivity index is 2.18. The van der Waals surface area contributed by atoms with E-state index >= 15 is 0 Å². The SMILES string of the molecule is [CH2]=[Al][N]([Al])[I-]c1cc2c(c3ccccc13)c1ccccc1[n]2[Al]. The van der Waals surface area contributed by atoms with Crippen LogP contribution in [0.15, 0.2) is 54.6 Å². The van der Waals surface area contributed by atoms with E-state index in [0.717, 1.165) is 0 Å². The van der Waals surface area contributed by atoms with E-state index < -0.39 is 0 Å². The molecule has 106 valence electrons. The molecule has 0 amide bonds. The van der Waals surface area contributed by atoms with Gasteiger partial charge in [-0.15, -0.1) is 0 Å². The predicted octanol–water partition coefficient (Wildman–Crippen LogP) is -0.510. The second kappa shape index (κ2) is 6.55. The summed E-state index contributed by atoms with van der Waals surface area (Å²) in [7, 11) is 0. The number of benzene rings is 3. The summed E-state index contributed by atoms with van der Waals surface area (Å²) in [4.78, 5) is 0. The standard InChI is InChI=1S/C16H9IN2.CH2.3Al/c18-17-13-9-15-16(11-6-2-1-5-10(11)13)12-7-3-4-8-14(12)19-15;;;;/h1-9H;1H2;;;/q-2;;;;+1. The van der Waals surface area contributed by atoms with Crippen molar-refractivity contribution in [3.63, 3.8) is 0 Å². The molecule has 0 N–H and O–H groups in total. The molecule has 0 fully saturated rings. The second-order valence-electron chi connectivity index (χ2n) is 5.30. The van der Waals surface area contributed by atoms with Gasteiger partial charge < -0.3 is 0 Å². The zero-order valence-corrected chi connectivity index (χ0v) is 18.0. The van der Waals surface area contributed by atoms with Gasteiger partial charge in [0.05, 0.1) is 0 Å². The third-order valence-corrected chi connectivity index (χ3v) is 10.0. The van der Waals surface area contributed by atoms with Crippen LogP contribution in [0.25, 0.3) is 32.6 Å². The maximum absolute atomic E-state index is 4.08. The number of rotatable bonds is 3. The number of aromatic nitrogens is 1. The second-order valence-corrected chi connectivity index (χ2v) is 12.7. The molecule has 0 bridgehead atoms. The van der Waals surface area contributed by atoms with E-state index in [2.05, 4.69) is 97.6 Å². The third kappa shape index (κ3) is 2.72. The average molecular weight is 451 g/mol. The Morgan fingerprint density at radius 3 is 2.35 bits per heavy atom. The van der Waals surface area contributed by atoms with Gasteiger partial charge in [0, 0.05) is 0 Å². The molecule has 2 nitrogen and oxygen atoms in total. The van der Waals surface area contributed by atoms with Crippen LogP contribution in [0.5, 0.6) is 0 Å². The van der Waals surface area contributed by atoms with E-state index in [-0.39, 0.29) is 36.5 Å². The first-order chi connectivity index (χ1) is 11.2. The predicted molar refractivity (Wildman–Crippen MR) is 97.3 cm³/mol. The van der Waals surface area contributed by atoms with Gasteiger partial charge in [0.1, 0.15) is 0 Å². The summed E-state index contributed by atoms with van der Waals surface area (Å²) in [6.45, 7) is 0. The quantitative estimate of drug-likeness (QED) is 0.232. The molecule has 4 radical (unpaired) electrons. The van der Waals surface area contributed by atoms with E-state index in [1.807, 2.05) is 0 Å². The average Bonchev–Trinajstić information content (AvgIpc) is 2.88. The summed E-state index contributed by atoms with van der Waals surface area (Å²) in [5, 5.41) is 9.50. The van der Waals surface area contributed by atoms with Crippen LogP contribution >= 0.6 is 0 Å². The molecule has 0 aliphatic rings. The Kier molecular flexibility index (Phi) is 4.62. The van der Waals surface area contributed by atoms with E-state index in [4.69, 9.17) is 0 Å². The molecule has 3 aromatic carbocycles. The van der Waals surface area contributed by atoms with Crippen LogP contribution in [-0.2, 0) is 0 Å². The van der Waals surface area contributed by atoms with Gasteiger partial charge in [0.2, 0.25) is 0 Å². The van der Waals surface area contributed by atoms with Crippen molar-refractivity contribution in [1.82, 2.24) is 4.63 Å². The van der Waals surface area contributed by atoms with Crippen molar-refractivity contribution in [3.05, 3.63) is 58.2 Å². The number of hydrogen-bond acceptors (Lipinski definition) is 1. The minimum atomic E-state index is -0.208. The molecule has 4 rings (SSSR count). The molecular formula is C17H11Al3IN2-. The first-order valence-corrected chi connectivity index (χ1v) is 11.6. The Morgan fingerprint density at radius 1 is 0.957 bits per heavy atom. The molecule has 6 heteroatoms. The van der Waals surface area contributed by atoms with Gasteiger partial charge in [0.15, 0.2) is 0 Å². The number of nitrogens with zero attached hydrogens (tertiary/aromatic N) is 2. The molecular weight excluding hydrogens is 440 g/mol. The summed E-state index contributed by atoms with van der Waals surface area (Å²) >= 11 is 5.62. The van der Waals surface area contributed by atoms with E-state index in [0.29, 0.717) is 0 Å². The first kappa shape index (κ1) is 16.2. The fraction of sp³-hybridized carbons (Fsp3) is 0. The van der Waals surface area contributed by atoms with Gasteiger partial charge in [-0.05, 0) is 0 Å². The van der Waals surface area contributed by atoms with E-state index in [1.165, 1.54) is 36.1 Å². The van der Waals surface area contributed by atoms with Crippen LogP contribution in [-0.4, -0.2) is 58.0 Å². The van der Waals surface area contributed by atoms with Gasteiger partial charge in [-0.3, -0.25) is 0 Å². The van der Waals surface area contributed by atoms with Crippen LogP contribution in [0.2, 0.25) is 0 Å². The van der Waals surface area contributed by atoms with Crippen molar-refractivity contribution in [1.29, 1.82) is 0 Å². The molecule has 0 aliphatic carbocycles. The van der Waals surface area contributed by atoms with Crippen LogP contribution in [0.3, 0.4) is 0 Å². The Labute approximate surface area is 168 Å². The summed E-state index contributed by atoms with van der Waals surface area (Å²) < 4.78 is 6.06. The molecule has 23 heavy (non-hydrogen) atoms. The van der Waals surface area contributed by atoms with Crippen molar-refractivity contribution in [3.8, 4) is 0 Å². The molecule has 0 spiro atoms. The van der Waals surface area contributed by atoms with Crippen molar-refractivity contribution >= 4 is 86.0 Å². The fourth-order valence-corrected chi connectivity index (χ4v) is 7.29. The number of fused-ring (bicyclic) bond motifs is 5.